The van der Waals surface area contributed by atoms with E-state index in [1.54, 1.807) is 19.1 Å². The third kappa shape index (κ3) is 3.74. The van der Waals surface area contributed by atoms with Gasteiger partial charge in [0, 0.05) is 30.5 Å². The molecule has 3 aliphatic rings. The maximum absolute atomic E-state index is 12.5. The number of carbonyl (C=O) groups is 1. The molecule has 3 fully saturated rings. The zero-order chi connectivity index (χ0) is 19.2. The molecule has 2 saturated carbocycles. The SMILES string of the molecule is COc1nc(OC2CCC3(CC2)CN(C(=O)[C@H]2C[C@@](C)(O)C2)C3)ccc1Cl. The molecule has 0 unspecified atom stereocenters. The Labute approximate surface area is 164 Å². The van der Waals surface area contributed by atoms with Gasteiger partial charge in [-0.05, 0) is 51.5 Å². The van der Waals surface area contributed by atoms with Crippen molar-refractivity contribution in [2.45, 2.75) is 57.2 Å². The fourth-order valence-corrected chi connectivity index (χ4v) is 4.96. The van der Waals surface area contributed by atoms with Crippen LogP contribution in [-0.2, 0) is 4.79 Å². The summed E-state index contributed by atoms with van der Waals surface area (Å²) < 4.78 is 11.2. The summed E-state index contributed by atoms with van der Waals surface area (Å²) in [6.45, 7) is 3.51. The van der Waals surface area contributed by atoms with Crippen LogP contribution < -0.4 is 9.47 Å². The number of halogens is 1. The van der Waals surface area contributed by atoms with Gasteiger partial charge in [-0.3, -0.25) is 4.79 Å². The van der Waals surface area contributed by atoms with Crippen LogP contribution in [0.1, 0.15) is 45.4 Å². The van der Waals surface area contributed by atoms with Crippen LogP contribution in [0.4, 0.5) is 0 Å². The van der Waals surface area contributed by atoms with Gasteiger partial charge in [-0.25, -0.2) is 0 Å². The molecule has 0 atom stereocenters. The number of hydrogen-bond donors (Lipinski definition) is 1. The zero-order valence-electron chi connectivity index (χ0n) is 15.9. The summed E-state index contributed by atoms with van der Waals surface area (Å²) in [5.41, 5.74) is -0.385. The molecule has 1 N–H and O–H groups in total. The molecule has 0 radical (unpaired) electrons. The van der Waals surface area contributed by atoms with Gasteiger partial charge in [0.05, 0.1) is 12.7 Å². The molecule has 27 heavy (non-hydrogen) atoms. The minimum atomic E-state index is -0.642. The van der Waals surface area contributed by atoms with Gasteiger partial charge in [-0.2, -0.15) is 4.98 Å². The molecule has 6 nitrogen and oxygen atoms in total. The summed E-state index contributed by atoms with van der Waals surface area (Å²) in [7, 11) is 1.54. The topological polar surface area (TPSA) is 71.9 Å². The molecule has 1 aromatic heterocycles. The molecular formula is C20H27ClN2O4. The highest BCUT2D eigenvalue weighted by atomic mass is 35.5. The molecule has 0 bridgehead atoms. The maximum atomic E-state index is 12.5. The normalized spacial score (nSPS) is 29.8. The van der Waals surface area contributed by atoms with E-state index in [2.05, 4.69) is 4.98 Å². The first kappa shape index (κ1) is 18.8. The lowest BCUT2D eigenvalue weighted by atomic mass is 9.66. The van der Waals surface area contributed by atoms with Gasteiger partial charge in [0.1, 0.15) is 11.1 Å². The maximum Gasteiger partial charge on any atom is 0.235 e. The second-order valence-corrected chi connectivity index (χ2v) is 9.16. The van der Waals surface area contributed by atoms with Crippen molar-refractivity contribution in [3.05, 3.63) is 17.2 Å². The predicted octanol–water partition coefficient (Wildman–Crippen LogP) is 3.05. The van der Waals surface area contributed by atoms with Gasteiger partial charge in [-0.1, -0.05) is 11.6 Å². The first-order valence-electron chi connectivity index (χ1n) is 9.68. The Hall–Kier alpha value is -1.53. The van der Waals surface area contributed by atoms with E-state index >= 15 is 0 Å². The fourth-order valence-electron chi connectivity index (χ4n) is 4.78. The average molecular weight is 395 g/mol. The minimum Gasteiger partial charge on any atom is -0.480 e. The lowest BCUT2D eigenvalue weighted by Crippen LogP contribution is -2.63. The number of amides is 1. The van der Waals surface area contributed by atoms with Crippen molar-refractivity contribution in [2.24, 2.45) is 11.3 Å². The van der Waals surface area contributed by atoms with Crippen molar-refractivity contribution in [3.8, 4) is 11.8 Å². The second-order valence-electron chi connectivity index (χ2n) is 8.75. The predicted molar refractivity (Wildman–Crippen MR) is 101 cm³/mol. The van der Waals surface area contributed by atoms with Gasteiger partial charge in [-0.15, -0.1) is 0 Å². The van der Waals surface area contributed by atoms with Gasteiger partial charge in [0.25, 0.3) is 0 Å². The molecule has 1 spiro atoms. The Morgan fingerprint density at radius 1 is 1.30 bits per heavy atom. The average Bonchev–Trinajstić information content (AvgIpc) is 2.59. The zero-order valence-corrected chi connectivity index (χ0v) is 16.7. The summed E-state index contributed by atoms with van der Waals surface area (Å²) in [4.78, 5) is 18.7. The molecule has 1 saturated heterocycles. The van der Waals surface area contributed by atoms with E-state index in [0.717, 1.165) is 38.8 Å². The van der Waals surface area contributed by atoms with Crippen LogP contribution in [0.3, 0.4) is 0 Å². The van der Waals surface area contributed by atoms with E-state index in [4.69, 9.17) is 21.1 Å². The van der Waals surface area contributed by atoms with Crippen molar-refractivity contribution in [2.75, 3.05) is 20.2 Å². The molecule has 1 aliphatic heterocycles. The molecule has 1 amide bonds. The number of nitrogens with zero attached hydrogens (tertiary/aromatic N) is 2. The third-order valence-electron chi connectivity index (χ3n) is 6.35. The van der Waals surface area contributed by atoms with E-state index < -0.39 is 5.60 Å². The molecule has 148 valence electrons. The monoisotopic (exact) mass is 394 g/mol. The Kier molecular flexibility index (Phi) is 4.75. The smallest absolute Gasteiger partial charge is 0.235 e. The molecular weight excluding hydrogens is 368 g/mol. The molecule has 2 aliphatic carbocycles. The summed E-state index contributed by atoms with van der Waals surface area (Å²) in [5, 5.41) is 10.3. The lowest BCUT2D eigenvalue weighted by Gasteiger charge is -2.55. The van der Waals surface area contributed by atoms with E-state index in [0.29, 0.717) is 29.6 Å². The van der Waals surface area contributed by atoms with Crippen molar-refractivity contribution in [3.63, 3.8) is 0 Å². The Morgan fingerprint density at radius 3 is 2.56 bits per heavy atom. The van der Waals surface area contributed by atoms with Crippen molar-refractivity contribution in [1.29, 1.82) is 0 Å². The van der Waals surface area contributed by atoms with Crippen LogP contribution in [0.2, 0.25) is 5.02 Å². The molecule has 7 heteroatoms. The van der Waals surface area contributed by atoms with Crippen LogP contribution in [0.15, 0.2) is 12.1 Å². The number of hydrogen-bond acceptors (Lipinski definition) is 5. The largest absolute Gasteiger partial charge is 0.480 e. The molecule has 1 aromatic rings. The first-order valence-corrected chi connectivity index (χ1v) is 10.1. The van der Waals surface area contributed by atoms with Crippen molar-refractivity contribution < 1.29 is 19.4 Å². The van der Waals surface area contributed by atoms with E-state index in [9.17, 15) is 9.90 Å². The van der Waals surface area contributed by atoms with E-state index in [1.165, 1.54) is 7.11 Å². The number of rotatable bonds is 4. The van der Waals surface area contributed by atoms with Crippen LogP contribution in [0, 0.1) is 11.3 Å². The fraction of sp³-hybridized carbons (Fsp3) is 0.700. The number of methoxy groups -OCH3 is 1. The summed E-state index contributed by atoms with van der Waals surface area (Å²) in [5.74, 6) is 1.16. The van der Waals surface area contributed by atoms with Crippen molar-refractivity contribution >= 4 is 17.5 Å². The highest BCUT2D eigenvalue weighted by Crippen LogP contribution is 2.47. The van der Waals surface area contributed by atoms with Crippen LogP contribution in [0.25, 0.3) is 0 Å². The number of likely N-dealkylation sites (tertiary alicyclic amines) is 1. The van der Waals surface area contributed by atoms with Crippen LogP contribution in [-0.4, -0.2) is 52.8 Å². The number of aromatic nitrogens is 1. The third-order valence-corrected chi connectivity index (χ3v) is 6.64. The van der Waals surface area contributed by atoms with Gasteiger partial charge in [0.2, 0.25) is 17.7 Å². The Bertz CT molecular complexity index is 715. The number of pyridine rings is 1. The Morgan fingerprint density at radius 2 is 1.96 bits per heavy atom. The van der Waals surface area contributed by atoms with Gasteiger partial charge < -0.3 is 19.5 Å². The molecule has 0 aromatic carbocycles. The molecule has 2 heterocycles. The number of carbonyl (C=O) groups excluding carboxylic acids is 1. The van der Waals surface area contributed by atoms with Crippen LogP contribution >= 0.6 is 11.6 Å². The van der Waals surface area contributed by atoms with Crippen molar-refractivity contribution in [1.82, 2.24) is 9.88 Å². The Balaban J connectivity index is 1.25. The summed E-state index contributed by atoms with van der Waals surface area (Å²) in [6, 6.07) is 3.51. The van der Waals surface area contributed by atoms with Gasteiger partial charge >= 0.3 is 0 Å². The standard InChI is InChI=1S/C20H27ClN2O4/c1-19(25)9-13(10-19)18(24)23-11-20(12-23)7-5-14(6-8-20)27-16-4-3-15(21)17(22-16)26-2/h3-4,13-14,25H,5-12H2,1-2H3/t13-,19+. The molecule has 4 rings (SSSR count). The van der Waals surface area contributed by atoms with Gasteiger partial charge in [0.15, 0.2) is 0 Å². The number of ether oxygens (including phenoxy) is 2. The first-order chi connectivity index (χ1) is 12.8. The highest BCUT2D eigenvalue weighted by molar-refractivity contribution is 6.31. The second kappa shape index (κ2) is 6.82. The minimum absolute atomic E-state index is 0.0166. The lowest BCUT2D eigenvalue weighted by molar-refractivity contribution is -0.164. The summed E-state index contributed by atoms with van der Waals surface area (Å²) >= 11 is 6.01. The number of aliphatic hydroxyl groups is 1. The highest BCUT2D eigenvalue weighted by Gasteiger charge is 2.51. The quantitative estimate of drug-likeness (QED) is 0.849. The van der Waals surface area contributed by atoms with Crippen LogP contribution in [0.5, 0.6) is 11.8 Å². The summed E-state index contributed by atoms with van der Waals surface area (Å²) in [6.07, 6.45) is 5.40. The van der Waals surface area contributed by atoms with E-state index in [1.807, 2.05) is 4.90 Å². The van der Waals surface area contributed by atoms with E-state index in [-0.39, 0.29) is 23.3 Å².